The minimum absolute atomic E-state index is 0. The maximum absolute atomic E-state index is 4.78. The van der Waals surface area contributed by atoms with Crippen LogP contribution in [0.15, 0.2) is 55.6 Å². The molecule has 0 radical (unpaired) electrons. The second-order valence-electron chi connectivity index (χ2n) is 2.04. The van der Waals surface area contributed by atoms with Gasteiger partial charge >= 0.3 is 18.9 Å². The summed E-state index contributed by atoms with van der Waals surface area (Å²) in [4.78, 5) is 0. The third-order valence-corrected chi connectivity index (χ3v) is 1.17. The molecule has 0 saturated heterocycles. The van der Waals surface area contributed by atoms with Gasteiger partial charge in [0.2, 0.25) is 0 Å². The predicted octanol–water partition coefficient (Wildman–Crippen LogP) is 0.495. The van der Waals surface area contributed by atoms with Crippen LogP contribution in [0.4, 0.5) is 0 Å². The minimum Gasteiger partial charge on any atom is -0.293 e. The summed E-state index contributed by atoms with van der Waals surface area (Å²) < 4.78 is 0. The fraction of sp³-hybridized carbons (Fsp3) is 0. The Kier molecular flexibility index (Phi) is 12.4. The summed E-state index contributed by atoms with van der Waals surface area (Å²) in [6.07, 6.45) is 4.75. The van der Waals surface area contributed by atoms with Crippen molar-refractivity contribution >= 4 is 6.08 Å². The quantitative estimate of drug-likeness (QED) is 0.339. The zero-order valence-corrected chi connectivity index (χ0v) is 8.11. The van der Waals surface area contributed by atoms with Crippen molar-refractivity contribution in [2.24, 2.45) is 0 Å². The Hall–Kier alpha value is -0.963. The number of rotatable bonds is 2. The first-order chi connectivity index (χ1) is 5.85. The van der Waals surface area contributed by atoms with Crippen molar-refractivity contribution in [1.29, 1.82) is 0 Å². The number of benzene rings is 1. The van der Waals surface area contributed by atoms with Crippen LogP contribution in [-0.4, -0.2) is 0 Å². The van der Waals surface area contributed by atoms with Crippen LogP contribution in [0, 0.1) is 6.58 Å². The van der Waals surface area contributed by atoms with Crippen molar-refractivity contribution < 1.29 is 18.9 Å². The number of allylic oxidation sites excluding steroid dienone is 2. The van der Waals surface area contributed by atoms with Crippen molar-refractivity contribution in [3.63, 3.8) is 0 Å². The van der Waals surface area contributed by atoms with Crippen LogP contribution >= 0.6 is 0 Å². The van der Waals surface area contributed by atoms with Crippen molar-refractivity contribution in [1.82, 2.24) is 0 Å². The van der Waals surface area contributed by atoms with Crippen molar-refractivity contribution in [2.45, 2.75) is 0 Å². The molecule has 0 fully saturated rings. The van der Waals surface area contributed by atoms with Gasteiger partial charge in [-0.2, -0.15) is 6.58 Å². The molecule has 0 saturated carbocycles. The van der Waals surface area contributed by atoms with E-state index in [1.165, 1.54) is 17.7 Å². The van der Waals surface area contributed by atoms with Gasteiger partial charge < -0.3 is 0 Å². The van der Waals surface area contributed by atoms with Gasteiger partial charge in [0.05, 0.1) is 0 Å². The molecule has 0 aliphatic heterocycles. The standard InChI is InChI=1S/C8H8.C4H5.Li/c1-2-8-6-4-3-5-7-8;1-3-4-2;/h2-7H,1H2;1,3-4H,2H2;/q;-1;+1. The third kappa shape index (κ3) is 8.95. The Morgan fingerprint density at radius 2 is 1.54 bits per heavy atom. The molecule has 0 spiro atoms. The van der Waals surface area contributed by atoms with Crippen LogP contribution in [0.5, 0.6) is 0 Å². The summed E-state index contributed by atoms with van der Waals surface area (Å²) >= 11 is 0. The van der Waals surface area contributed by atoms with Crippen LogP contribution in [0.25, 0.3) is 6.08 Å². The van der Waals surface area contributed by atoms with E-state index in [2.05, 4.69) is 13.2 Å². The first-order valence-electron chi connectivity index (χ1n) is 3.68. The Balaban J connectivity index is 0. The molecule has 13 heavy (non-hydrogen) atoms. The van der Waals surface area contributed by atoms with Crippen LogP contribution in [-0.2, 0) is 0 Å². The summed E-state index contributed by atoms with van der Waals surface area (Å²) in [6, 6.07) is 10.0. The van der Waals surface area contributed by atoms with E-state index in [0.29, 0.717) is 0 Å². The molecule has 1 rings (SSSR count). The molecule has 1 aromatic carbocycles. The molecule has 0 aromatic heterocycles. The molecule has 0 heterocycles. The number of hydrogen-bond acceptors (Lipinski definition) is 0. The largest absolute Gasteiger partial charge is 1.00 e. The minimum atomic E-state index is 0. The Morgan fingerprint density at radius 1 is 1.08 bits per heavy atom. The average Bonchev–Trinajstić information content (AvgIpc) is 2.19. The zero-order chi connectivity index (χ0) is 9.23. The monoisotopic (exact) mass is 164 g/mol. The molecule has 0 aliphatic carbocycles. The maximum Gasteiger partial charge on any atom is 1.00 e. The Bertz CT molecular complexity index is 231. The summed E-state index contributed by atoms with van der Waals surface area (Å²) in [7, 11) is 0. The Morgan fingerprint density at radius 3 is 1.77 bits per heavy atom. The van der Waals surface area contributed by atoms with E-state index in [-0.39, 0.29) is 18.9 Å². The van der Waals surface area contributed by atoms with Gasteiger partial charge in [0.1, 0.15) is 0 Å². The average molecular weight is 164 g/mol. The number of hydrogen-bond donors (Lipinski definition) is 0. The van der Waals surface area contributed by atoms with Gasteiger partial charge in [-0.3, -0.25) is 6.58 Å². The molecule has 0 bridgehead atoms. The zero-order valence-electron chi connectivity index (χ0n) is 8.11. The first-order valence-corrected chi connectivity index (χ1v) is 3.68. The molecule has 0 atom stereocenters. The smallest absolute Gasteiger partial charge is 0.293 e. The van der Waals surface area contributed by atoms with Gasteiger partial charge in [-0.15, -0.1) is 0 Å². The van der Waals surface area contributed by atoms with Crippen molar-refractivity contribution in [3.05, 3.63) is 67.8 Å². The molecule has 1 aromatic rings. The molecule has 0 nitrogen and oxygen atoms in total. The molecular weight excluding hydrogens is 151 g/mol. The van der Waals surface area contributed by atoms with Gasteiger partial charge in [-0.1, -0.05) is 43.0 Å². The molecule has 0 amide bonds. The van der Waals surface area contributed by atoms with E-state index in [0.717, 1.165) is 0 Å². The topological polar surface area (TPSA) is 0 Å². The first kappa shape index (κ1) is 14.6. The van der Waals surface area contributed by atoms with Crippen LogP contribution < -0.4 is 18.9 Å². The van der Waals surface area contributed by atoms with E-state index in [1.807, 2.05) is 36.4 Å². The van der Waals surface area contributed by atoms with Crippen LogP contribution in [0.3, 0.4) is 0 Å². The second-order valence-corrected chi connectivity index (χ2v) is 2.04. The van der Waals surface area contributed by atoms with Gasteiger partial charge in [0, 0.05) is 0 Å². The molecule has 1 heteroatoms. The molecule has 62 valence electrons. The normalized spacial score (nSPS) is 6.77. The summed E-state index contributed by atoms with van der Waals surface area (Å²) in [5, 5.41) is 0. The third-order valence-electron chi connectivity index (χ3n) is 1.17. The molecule has 0 unspecified atom stereocenters. The molecule has 0 aliphatic rings. The second kappa shape index (κ2) is 11.0. The SMILES string of the molecule is C=Cc1ccccc1.[CH-]=CC=C.[Li+]. The van der Waals surface area contributed by atoms with Gasteiger partial charge in [-0.05, 0) is 5.56 Å². The summed E-state index contributed by atoms with van der Waals surface area (Å²) in [6.45, 7) is 11.7. The van der Waals surface area contributed by atoms with Gasteiger partial charge in [0.25, 0.3) is 0 Å². The van der Waals surface area contributed by atoms with Crippen molar-refractivity contribution in [3.8, 4) is 0 Å². The van der Waals surface area contributed by atoms with E-state index in [9.17, 15) is 0 Å². The van der Waals surface area contributed by atoms with Crippen LogP contribution in [0.2, 0.25) is 0 Å². The maximum atomic E-state index is 4.78. The van der Waals surface area contributed by atoms with E-state index in [4.69, 9.17) is 6.58 Å². The summed E-state index contributed by atoms with van der Waals surface area (Å²) in [5.41, 5.74) is 1.17. The van der Waals surface area contributed by atoms with E-state index in [1.54, 1.807) is 0 Å². The fourth-order valence-corrected chi connectivity index (χ4v) is 0.589. The van der Waals surface area contributed by atoms with Crippen LogP contribution in [0.1, 0.15) is 5.56 Å². The van der Waals surface area contributed by atoms with Gasteiger partial charge in [-0.25, -0.2) is 12.2 Å². The van der Waals surface area contributed by atoms with E-state index < -0.39 is 0 Å². The van der Waals surface area contributed by atoms with Crippen molar-refractivity contribution in [2.75, 3.05) is 0 Å². The van der Waals surface area contributed by atoms with Gasteiger partial charge in [0.15, 0.2) is 0 Å². The summed E-state index contributed by atoms with van der Waals surface area (Å²) in [5.74, 6) is 0. The van der Waals surface area contributed by atoms with E-state index >= 15 is 0 Å². The fourth-order valence-electron chi connectivity index (χ4n) is 0.589. The molecule has 0 N–H and O–H groups in total. The molecular formula is C12H13Li. The Labute approximate surface area is 92.9 Å². The predicted molar refractivity (Wildman–Crippen MR) is 55.6 cm³/mol.